The number of nitrogens with zero attached hydrogens (tertiary/aromatic N) is 2. The minimum absolute atomic E-state index is 0.0169. The van der Waals surface area contributed by atoms with Crippen LogP contribution >= 0.6 is 34.2 Å². The topological polar surface area (TPSA) is 111 Å². The van der Waals surface area contributed by atoms with Crippen LogP contribution in [0.3, 0.4) is 0 Å². The number of nitro groups is 1. The fraction of sp³-hybridized carbons (Fsp3) is 0.0370. The van der Waals surface area contributed by atoms with Crippen LogP contribution in [0, 0.1) is 20.6 Å². The third kappa shape index (κ3) is 5.42. The number of amides is 1. The van der Waals surface area contributed by atoms with Crippen molar-refractivity contribution in [3.8, 4) is 22.8 Å². The number of anilines is 1. The first-order valence-electron chi connectivity index (χ1n) is 11.0. The Balaban J connectivity index is 1.29. The van der Waals surface area contributed by atoms with Crippen molar-refractivity contribution >= 4 is 68.6 Å². The summed E-state index contributed by atoms with van der Waals surface area (Å²) in [4.78, 5) is 27.5. The van der Waals surface area contributed by atoms with Crippen LogP contribution in [0.15, 0.2) is 81.6 Å². The molecule has 0 saturated carbocycles. The molecule has 1 amide bonds. The molecule has 2 aromatic heterocycles. The molecular formula is C27H17ClIN3O5. The lowest BCUT2D eigenvalue weighted by Crippen LogP contribution is -2.07. The fourth-order valence-electron chi connectivity index (χ4n) is 3.75. The normalized spacial score (nSPS) is 11.3. The van der Waals surface area contributed by atoms with Gasteiger partial charge in [-0.15, -0.1) is 0 Å². The van der Waals surface area contributed by atoms with Crippen LogP contribution in [0.5, 0.6) is 0 Å². The number of non-ortho nitro benzene ring substituents is 1. The molecule has 0 aliphatic carbocycles. The average Bonchev–Trinajstić information content (AvgIpc) is 3.51. The maximum Gasteiger partial charge on any atom is 0.269 e. The van der Waals surface area contributed by atoms with E-state index >= 15 is 0 Å². The van der Waals surface area contributed by atoms with Crippen molar-refractivity contribution in [1.29, 1.82) is 0 Å². The van der Waals surface area contributed by atoms with E-state index in [-0.39, 0.29) is 11.6 Å². The Labute approximate surface area is 229 Å². The molecule has 0 fully saturated rings. The zero-order valence-electron chi connectivity index (χ0n) is 19.2. The van der Waals surface area contributed by atoms with Gasteiger partial charge in [-0.3, -0.25) is 14.9 Å². The number of nitro benzene ring substituents is 1. The molecule has 0 radical (unpaired) electrons. The van der Waals surface area contributed by atoms with Crippen LogP contribution in [-0.2, 0) is 4.79 Å². The molecule has 184 valence electrons. The van der Waals surface area contributed by atoms with Gasteiger partial charge in [0.25, 0.3) is 5.69 Å². The third-order valence-corrected chi connectivity index (χ3v) is 6.53. The number of carbonyl (C=O) groups excluding carboxylic acids is 1. The number of hydrogen-bond acceptors (Lipinski definition) is 6. The van der Waals surface area contributed by atoms with Gasteiger partial charge in [-0.2, -0.15) is 0 Å². The summed E-state index contributed by atoms with van der Waals surface area (Å²) < 4.78 is 12.7. The highest BCUT2D eigenvalue weighted by molar-refractivity contribution is 14.1. The summed E-state index contributed by atoms with van der Waals surface area (Å²) >= 11 is 8.50. The first-order valence-corrected chi connectivity index (χ1v) is 12.4. The lowest BCUT2D eigenvalue weighted by atomic mass is 10.1. The van der Waals surface area contributed by atoms with E-state index in [1.165, 1.54) is 18.2 Å². The molecule has 0 bridgehead atoms. The van der Waals surface area contributed by atoms with E-state index in [4.69, 9.17) is 20.4 Å². The van der Waals surface area contributed by atoms with Crippen LogP contribution in [0.4, 0.5) is 11.4 Å². The SMILES string of the molecule is Cc1cc([N+](=O)[O-])ccc1-c1ccc(/C=C/C(=O)Nc2ccc3oc(-c4cc(I)ccc4Cl)nc3c2)o1. The summed E-state index contributed by atoms with van der Waals surface area (Å²) in [5.41, 5.74) is 3.87. The molecule has 0 atom stereocenters. The number of aryl methyl sites for hydroxylation is 1. The summed E-state index contributed by atoms with van der Waals surface area (Å²) in [6, 6.07) is 18.8. The van der Waals surface area contributed by atoms with Gasteiger partial charge in [-0.05, 0) is 95.8 Å². The van der Waals surface area contributed by atoms with Crippen LogP contribution in [-0.4, -0.2) is 15.8 Å². The van der Waals surface area contributed by atoms with Gasteiger partial charge in [0.2, 0.25) is 11.8 Å². The molecule has 0 aliphatic heterocycles. The molecule has 0 unspecified atom stereocenters. The van der Waals surface area contributed by atoms with Crippen molar-refractivity contribution in [2.45, 2.75) is 6.92 Å². The molecule has 0 spiro atoms. The first-order chi connectivity index (χ1) is 17.8. The Morgan fingerprint density at radius 1 is 1.05 bits per heavy atom. The Morgan fingerprint density at radius 2 is 1.89 bits per heavy atom. The van der Waals surface area contributed by atoms with Crippen molar-refractivity contribution in [2.24, 2.45) is 0 Å². The van der Waals surface area contributed by atoms with Crippen LogP contribution in [0.25, 0.3) is 40.0 Å². The number of aromatic nitrogens is 1. The maximum atomic E-state index is 12.5. The molecule has 0 aliphatic rings. The molecule has 5 rings (SSSR count). The summed E-state index contributed by atoms with van der Waals surface area (Å²) in [5.74, 6) is 1.06. The molecule has 0 saturated heterocycles. The quantitative estimate of drug-likeness (QED) is 0.0889. The second-order valence-electron chi connectivity index (χ2n) is 8.11. The lowest BCUT2D eigenvalue weighted by molar-refractivity contribution is -0.384. The van der Waals surface area contributed by atoms with Crippen LogP contribution < -0.4 is 5.32 Å². The summed E-state index contributed by atoms with van der Waals surface area (Å²) in [5, 5.41) is 14.3. The summed E-state index contributed by atoms with van der Waals surface area (Å²) in [6.07, 6.45) is 2.90. The number of oxazole rings is 1. The standard InChI is InChI=1S/C27H17ClIN3O5/c1-15-12-18(32(34)35)4-7-20(15)24-10-5-19(36-24)6-11-26(33)30-17-3-9-25-23(14-17)31-27(37-25)21-13-16(29)2-8-22(21)28/h2-14H,1H3,(H,30,33)/b11-6+. The van der Waals surface area contributed by atoms with Gasteiger partial charge in [0.15, 0.2) is 5.58 Å². The lowest BCUT2D eigenvalue weighted by Gasteiger charge is -2.02. The van der Waals surface area contributed by atoms with Crippen molar-refractivity contribution in [3.63, 3.8) is 0 Å². The van der Waals surface area contributed by atoms with E-state index in [0.29, 0.717) is 50.3 Å². The number of furan rings is 1. The predicted octanol–water partition coefficient (Wildman–Crippen LogP) is 7.88. The van der Waals surface area contributed by atoms with Crippen molar-refractivity contribution < 1.29 is 18.6 Å². The maximum absolute atomic E-state index is 12.5. The average molecular weight is 626 g/mol. The van der Waals surface area contributed by atoms with E-state index in [2.05, 4.69) is 32.9 Å². The summed E-state index contributed by atoms with van der Waals surface area (Å²) in [7, 11) is 0. The van der Waals surface area contributed by atoms with Crippen molar-refractivity contribution in [1.82, 2.24) is 4.98 Å². The largest absolute Gasteiger partial charge is 0.457 e. The van der Waals surface area contributed by atoms with Gasteiger partial charge in [0, 0.05) is 33.0 Å². The molecule has 3 aromatic carbocycles. The molecular weight excluding hydrogens is 609 g/mol. The number of hydrogen-bond donors (Lipinski definition) is 1. The number of benzene rings is 3. The van der Waals surface area contributed by atoms with Gasteiger partial charge >= 0.3 is 0 Å². The highest BCUT2D eigenvalue weighted by Crippen LogP contribution is 2.32. The predicted molar refractivity (Wildman–Crippen MR) is 150 cm³/mol. The third-order valence-electron chi connectivity index (χ3n) is 5.53. The second kappa shape index (κ2) is 10.2. The first kappa shape index (κ1) is 24.7. The number of halogens is 2. The second-order valence-corrected chi connectivity index (χ2v) is 9.76. The van der Waals surface area contributed by atoms with Gasteiger partial charge in [-0.1, -0.05) is 11.6 Å². The zero-order valence-corrected chi connectivity index (χ0v) is 22.1. The summed E-state index contributed by atoms with van der Waals surface area (Å²) in [6.45, 7) is 1.78. The van der Waals surface area contributed by atoms with E-state index in [1.807, 2.05) is 12.1 Å². The van der Waals surface area contributed by atoms with E-state index in [0.717, 1.165) is 9.13 Å². The Bertz CT molecular complexity index is 1710. The highest BCUT2D eigenvalue weighted by Gasteiger charge is 2.14. The van der Waals surface area contributed by atoms with E-state index in [1.54, 1.807) is 55.5 Å². The Hall–Kier alpha value is -3.96. The van der Waals surface area contributed by atoms with Crippen molar-refractivity contribution in [2.75, 3.05) is 5.32 Å². The Morgan fingerprint density at radius 3 is 2.68 bits per heavy atom. The number of rotatable bonds is 6. The van der Waals surface area contributed by atoms with Gasteiger partial charge in [-0.25, -0.2) is 4.98 Å². The van der Waals surface area contributed by atoms with E-state index < -0.39 is 4.92 Å². The number of carbonyl (C=O) groups is 1. The van der Waals surface area contributed by atoms with Gasteiger partial charge in [0.05, 0.1) is 15.5 Å². The minimum atomic E-state index is -0.440. The Kier molecular flexibility index (Phi) is 6.81. The van der Waals surface area contributed by atoms with Crippen molar-refractivity contribution in [3.05, 3.63) is 103 Å². The van der Waals surface area contributed by atoms with Gasteiger partial charge < -0.3 is 14.2 Å². The highest BCUT2D eigenvalue weighted by atomic mass is 127. The van der Waals surface area contributed by atoms with Crippen LogP contribution in [0.2, 0.25) is 5.02 Å². The van der Waals surface area contributed by atoms with Crippen LogP contribution in [0.1, 0.15) is 11.3 Å². The zero-order chi connectivity index (χ0) is 26.1. The molecule has 8 nitrogen and oxygen atoms in total. The van der Waals surface area contributed by atoms with E-state index in [9.17, 15) is 14.9 Å². The smallest absolute Gasteiger partial charge is 0.269 e. The number of nitrogens with one attached hydrogen (secondary N) is 1. The fourth-order valence-corrected chi connectivity index (χ4v) is 4.44. The minimum Gasteiger partial charge on any atom is -0.457 e. The molecule has 5 aromatic rings. The number of fused-ring (bicyclic) bond motifs is 1. The van der Waals surface area contributed by atoms with Gasteiger partial charge in [0.1, 0.15) is 17.0 Å². The molecule has 37 heavy (non-hydrogen) atoms. The molecule has 10 heteroatoms. The molecule has 1 N–H and O–H groups in total. The molecule has 2 heterocycles. The monoisotopic (exact) mass is 625 g/mol.